The van der Waals surface area contributed by atoms with Gasteiger partial charge in [0.1, 0.15) is 5.82 Å². The lowest BCUT2D eigenvalue weighted by Gasteiger charge is -2.21. The van der Waals surface area contributed by atoms with Crippen LogP contribution in [0.1, 0.15) is 58.5 Å². The summed E-state index contributed by atoms with van der Waals surface area (Å²) in [6, 6.07) is 4.18. The van der Waals surface area contributed by atoms with Crippen molar-refractivity contribution in [3.05, 3.63) is 69.0 Å². The highest BCUT2D eigenvalue weighted by Gasteiger charge is 2.52. The first kappa shape index (κ1) is 30.7. The molecule has 0 aliphatic heterocycles. The van der Waals surface area contributed by atoms with E-state index in [0.717, 1.165) is 6.26 Å². The number of carbonyl (C=O) groups is 1. The van der Waals surface area contributed by atoms with E-state index in [1.54, 1.807) is 0 Å². The largest absolute Gasteiger partial charge is 0.432 e. The van der Waals surface area contributed by atoms with Crippen molar-refractivity contribution >= 4 is 33.1 Å². The number of carbonyl (C=O) groups excluding carboxylic acids is 1. The molecule has 39 heavy (non-hydrogen) atoms. The molecule has 3 rings (SSSR count). The predicted molar refractivity (Wildman–Crippen MR) is 129 cm³/mol. The second kappa shape index (κ2) is 10.6. The minimum absolute atomic E-state index is 0.0443. The zero-order valence-corrected chi connectivity index (χ0v) is 22.2. The first-order valence-corrected chi connectivity index (χ1v) is 13.5. The molecule has 1 fully saturated rings. The van der Waals surface area contributed by atoms with Gasteiger partial charge in [0.25, 0.3) is 5.91 Å². The second-order valence-corrected chi connectivity index (χ2v) is 12.0. The van der Waals surface area contributed by atoms with E-state index in [1.165, 1.54) is 32.0 Å². The van der Waals surface area contributed by atoms with Crippen LogP contribution >= 0.6 is 11.6 Å². The molecule has 6 nitrogen and oxygen atoms in total. The van der Waals surface area contributed by atoms with Crippen LogP contribution in [0.2, 0.25) is 5.02 Å². The fourth-order valence-electron chi connectivity index (χ4n) is 3.74. The van der Waals surface area contributed by atoms with Crippen LogP contribution < -0.4 is 5.32 Å². The van der Waals surface area contributed by atoms with Gasteiger partial charge in [-0.05, 0) is 62.1 Å². The van der Waals surface area contributed by atoms with Gasteiger partial charge in [0, 0.05) is 23.9 Å². The predicted octanol–water partition coefficient (Wildman–Crippen LogP) is 6.16. The normalized spacial score (nSPS) is 16.5. The molecule has 0 bridgehead atoms. The van der Waals surface area contributed by atoms with Gasteiger partial charge >= 0.3 is 12.4 Å². The Balaban J connectivity index is 1.83. The summed E-state index contributed by atoms with van der Waals surface area (Å²) in [4.78, 5) is 17.1. The van der Waals surface area contributed by atoms with E-state index >= 15 is 0 Å². The molecule has 1 saturated carbocycles. The Morgan fingerprint density at radius 2 is 1.77 bits per heavy atom. The molecule has 0 aromatic heterocycles. The van der Waals surface area contributed by atoms with Gasteiger partial charge < -0.3 is 10.2 Å². The fraction of sp³-hybridized carbons (Fsp3) is 0.417. The van der Waals surface area contributed by atoms with Crippen LogP contribution in [0.3, 0.4) is 0 Å². The summed E-state index contributed by atoms with van der Waals surface area (Å²) < 4.78 is 117. The van der Waals surface area contributed by atoms with E-state index in [1.807, 2.05) is 0 Å². The number of rotatable bonds is 8. The molecule has 1 aliphatic carbocycles. The minimum Gasteiger partial charge on any atom is -0.377 e. The summed E-state index contributed by atoms with van der Waals surface area (Å²) >= 11 is 5.41. The number of benzene rings is 2. The fourth-order valence-corrected chi connectivity index (χ4v) is 5.14. The van der Waals surface area contributed by atoms with Crippen LogP contribution in [0, 0.1) is 12.7 Å². The number of sulfone groups is 1. The Morgan fingerprint density at radius 1 is 1.15 bits per heavy atom. The third-order valence-corrected chi connectivity index (χ3v) is 8.71. The molecular formula is C24H22ClF7N2O4S. The number of nitrogens with one attached hydrogen (secondary N) is 1. The molecule has 2 aromatic carbocycles. The Kier molecular flexibility index (Phi) is 8.34. The van der Waals surface area contributed by atoms with Crippen molar-refractivity contribution in [2.75, 3.05) is 12.8 Å². The maximum Gasteiger partial charge on any atom is 0.432 e. The van der Waals surface area contributed by atoms with Gasteiger partial charge in [-0.25, -0.2) is 12.8 Å². The molecule has 1 aliphatic rings. The van der Waals surface area contributed by atoms with Crippen LogP contribution in [0.4, 0.5) is 30.7 Å². The van der Waals surface area contributed by atoms with Crippen molar-refractivity contribution in [1.82, 2.24) is 5.32 Å². The number of alkyl halides is 6. The van der Waals surface area contributed by atoms with Gasteiger partial charge in [0.05, 0.1) is 21.0 Å². The molecule has 0 radical (unpaired) electrons. The van der Waals surface area contributed by atoms with Gasteiger partial charge in [-0.3, -0.25) is 4.79 Å². The van der Waals surface area contributed by atoms with Crippen molar-refractivity contribution in [2.45, 2.75) is 49.9 Å². The van der Waals surface area contributed by atoms with Crippen LogP contribution in [-0.4, -0.2) is 43.8 Å². The van der Waals surface area contributed by atoms with Gasteiger partial charge in [0.15, 0.2) is 9.84 Å². The highest BCUT2D eigenvalue weighted by Crippen LogP contribution is 2.43. The molecule has 0 saturated heterocycles. The molecule has 1 amide bonds. The topological polar surface area (TPSA) is 84.8 Å². The zero-order chi connectivity index (χ0) is 29.6. The monoisotopic (exact) mass is 602 g/mol. The second-order valence-electron chi connectivity index (χ2n) is 9.23. The maximum atomic E-state index is 14.4. The van der Waals surface area contributed by atoms with Gasteiger partial charge in [-0.2, -0.15) is 26.3 Å². The standard InChI is InChI=1S/C24H22ClF7N2O4S/c1-12-8-14(4-5-16(12)21(35)33-11-22(6-7-22)39(3,36)37)13(2)34-38-20(24(30,31)32)17-9-15(23(27,28)29)10-18(25)19(17)26/h4-5,8-10,20H,6-7,11H2,1-3H3,(H,33,35)/b34-13+. The van der Waals surface area contributed by atoms with E-state index < -0.39 is 60.9 Å². The lowest BCUT2D eigenvalue weighted by molar-refractivity contribution is -0.225. The number of halogens is 8. The third kappa shape index (κ3) is 6.83. The number of hydrogen-bond donors (Lipinski definition) is 1. The Bertz CT molecular complexity index is 1420. The third-order valence-electron chi connectivity index (χ3n) is 6.31. The van der Waals surface area contributed by atoms with Crippen molar-refractivity contribution in [3.63, 3.8) is 0 Å². The molecular weight excluding hydrogens is 581 g/mol. The Morgan fingerprint density at radius 3 is 2.26 bits per heavy atom. The number of oxime groups is 1. The van der Waals surface area contributed by atoms with E-state index in [-0.39, 0.29) is 35.5 Å². The lowest BCUT2D eigenvalue weighted by Crippen LogP contribution is -2.38. The molecule has 1 N–H and O–H groups in total. The molecule has 1 unspecified atom stereocenters. The average Bonchev–Trinajstić information content (AvgIpc) is 3.60. The van der Waals surface area contributed by atoms with Crippen LogP contribution in [0.25, 0.3) is 0 Å². The molecule has 2 aromatic rings. The number of amides is 1. The van der Waals surface area contributed by atoms with Crippen molar-refractivity contribution in [2.24, 2.45) is 5.16 Å². The number of hydrogen-bond acceptors (Lipinski definition) is 5. The molecule has 0 spiro atoms. The highest BCUT2D eigenvalue weighted by molar-refractivity contribution is 7.92. The summed E-state index contributed by atoms with van der Waals surface area (Å²) in [5.74, 6) is -2.30. The first-order valence-electron chi connectivity index (χ1n) is 11.2. The number of nitrogens with zero attached hydrogens (tertiary/aromatic N) is 1. The summed E-state index contributed by atoms with van der Waals surface area (Å²) in [5.41, 5.74) is -2.52. The summed E-state index contributed by atoms with van der Waals surface area (Å²) in [5, 5.41) is 4.76. The Hall–Kier alpha value is -2.87. The summed E-state index contributed by atoms with van der Waals surface area (Å²) in [6.45, 7) is 2.68. The van der Waals surface area contributed by atoms with E-state index in [9.17, 15) is 43.9 Å². The molecule has 0 heterocycles. The van der Waals surface area contributed by atoms with Crippen LogP contribution in [0.15, 0.2) is 35.5 Å². The number of aryl methyl sites for hydroxylation is 1. The van der Waals surface area contributed by atoms with Gasteiger partial charge in [0.2, 0.25) is 6.10 Å². The Labute approximate surface area is 224 Å². The first-order chi connectivity index (χ1) is 17.8. The van der Waals surface area contributed by atoms with Crippen molar-refractivity contribution < 1.29 is 48.8 Å². The minimum atomic E-state index is -5.36. The average molecular weight is 603 g/mol. The summed E-state index contributed by atoms with van der Waals surface area (Å²) in [7, 11) is -3.37. The smallest absolute Gasteiger partial charge is 0.377 e. The zero-order valence-electron chi connectivity index (χ0n) is 20.6. The maximum absolute atomic E-state index is 14.4. The lowest BCUT2D eigenvalue weighted by atomic mass is 10.0. The van der Waals surface area contributed by atoms with Crippen molar-refractivity contribution in [1.29, 1.82) is 0 Å². The van der Waals surface area contributed by atoms with E-state index in [4.69, 9.17) is 11.6 Å². The quantitative estimate of drug-likeness (QED) is 0.223. The molecule has 214 valence electrons. The van der Waals surface area contributed by atoms with E-state index in [0.29, 0.717) is 18.4 Å². The SMILES string of the molecule is C/C(=N\OC(c1cc(C(F)(F)F)cc(Cl)c1F)C(F)(F)F)c1ccc(C(=O)NCC2(S(C)(=O)=O)CC2)c(C)c1. The molecule has 1 atom stereocenters. The van der Waals surface area contributed by atoms with Crippen LogP contribution in [0.5, 0.6) is 0 Å². The van der Waals surface area contributed by atoms with Crippen LogP contribution in [-0.2, 0) is 20.9 Å². The van der Waals surface area contributed by atoms with Gasteiger partial charge in [-0.1, -0.05) is 22.8 Å². The van der Waals surface area contributed by atoms with Gasteiger partial charge in [-0.15, -0.1) is 0 Å². The van der Waals surface area contributed by atoms with E-state index in [2.05, 4.69) is 15.3 Å². The highest BCUT2D eigenvalue weighted by atomic mass is 35.5. The summed E-state index contributed by atoms with van der Waals surface area (Å²) in [6.07, 6.45) is -11.7. The molecule has 15 heteroatoms. The van der Waals surface area contributed by atoms with Crippen molar-refractivity contribution in [3.8, 4) is 0 Å².